The molecule has 0 aliphatic carbocycles. The van der Waals surface area contributed by atoms with E-state index < -0.39 is 0 Å². The Kier molecular flexibility index (Phi) is 4.18. The lowest BCUT2D eigenvalue weighted by Gasteiger charge is -2.34. The fraction of sp³-hybridized carbons (Fsp3) is 0.0769. The summed E-state index contributed by atoms with van der Waals surface area (Å²) in [6, 6.07) is 47.4. The van der Waals surface area contributed by atoms with Gasteiger partial charge in [-0.2, -0.15) is 0 Å². The molecule has 0 fully saturated rings. The van der Waals surface area contributed by atoms with Crippen molar-refractivity contribution in [1.82, 2.24) is 4.57 Å². The molecule has 1 aliphatic heterocycles. The summed E-state index contributed by atoms with van der Waals surface area (Å²) >= 11 is 0. The van der Waals surface area contributed by atoms with Gasteiger partial charge in [0.2, 0.25) is 0 Å². The van der Waals surface area contributed by atoms with Gasteiger partial charge in [0.05, 0.1) is 16.7 Å². The second-order valence-corrected chi connectivity index (χ2v) is 11.8. The minimum Gasteiger partial charge on any atom is -0.309 e. The highest BCUT2D eigenvalue weighted by Gasteiger charge is 2.34. The van der Waals surface area contributed by atoms with E-state index in [2.05, 4.69) is 146 Å². The molecule has 1 aromatic heterocycles. The lowest BCUT2D eigenvalue weighted by molar-refractivity contribution is 0.630. The summed E-state index contributed by atoms with van der Waals surface area (Å²) in [7, 11) is 0. The average Bonchev–Trinajstić information content (AvgIpc) is 3.33. The molecular weight excluding hydrogens is 482 g/mol. The third-order valence-electron chi connectivity index (χ3n) is 9.34. The maximum Gasteiger partial charge on any atom is 0.0582 e. The summed E-state index contributed by atoms with van der Waals surface area (Å²) in [5.41, 5.74) is 9.16. The van der Waals surface area contributed by atoms with E-state index in [4.69, 9.17) is 0 Å². The molecule has 1 heteroatoms. The summed E-state index contributed by atoms with van der Waals surface area (Å²) in [5.74, 6) is 0. The van der Waals surface area contributed by atoms with Crippen LogP contribution in [0.25, 0.3) is 70.9 Å². The number of rotatable bonds is 1. The number of para-hydroxylation sites is 2. The summed E-state index contributed by atoms with van der Waals surface area (Å²) in [6.45, 7) is 4.72. The van der Waals surface area contributed by atoms with Gasteiger partial charge >= 0.3 is 0 Å². The van der Waals surface area contributed by atoms with E-state index in [9.17, 15) is 0 Å². The number of fused-ring (bicyclic) bond motifs is 10. The Balaban J connectivity index is 1.43. The molecule has 0 spiro atoms. The van der Waals surface area contributed by atoms with Crippen LogP contribution in [0, 0.1) is 0 Å². The van der Waals surface area contributed by atoms with Crippen molar-refractivity contribution >= 4 is 54.1 Å². The van der Waals surface area contributed by atoms with Gasteiger partial charge in [0.15, 0.2) is 0 Å². The first-order valence-corrected chi connectivity index (χ1v) is 14.1. The van der Waals surface area contributed by atoms with Gasteiger partial charge in [-0.25, -0.2) is 0 Å². The van der Waals surface area contributed by atoms with Crippen molar-refractivity contribution < 1.29 is 0 Å². The molecule has 0 bridgehead atoms. The van der Waals surface area contributed by atoms with Crippen LogP contribution in [0.5, 0.6) is 0 Å². The number of nitrogens with zero attached hydrogens (tertiary/aromatic N) is 1. The first-order valence-electron chi connectivity index (χ1n) is 14.1. The minimum atomic E-state index is -0.0588. The molecule has 188 valence electrons. The van der Waals surface area contributed by atoms with Crippen molar-refractivity contribution in [3.63, 3.8) is 0 Å². The second kappa shape index (κ2) is 7.61. The van der Waals surface area contributed by atoms with E-state index in [1.165, 1.54) is 82.1 Å². The molecule has 40 heavy (non-hydrogen) atoms. The zero-order valence-corrected chi connectivity index (χ0v) is 22.6. The smallest absolute Gasteiger partial charge is 0.0582 e. The van der Waals surface area contributed by atoms with E-state index >= 15 is 0 Å². The monoisotopic (exact) mass is 509 g/mol. The van der Waals surface area contributed by atoms with Crippen molar-refractivity contribution in [3.8, 4) is 16.8 Å². The van der Waals surface area contributed by atoms with Gasteiger partial charge in [0, 0.05) is 16.2 Å². The summed E-state index contributed by atoms with van der Waals surface area (Å²) < 4.78 is 2.50. The maximum atomic E-state index is 2.50. The first-order chi connectivity index (χ1) is 19.6. The number of hydrogen-bond donors (Lipinski definition) is 0. The van der Waals surface area contributed by atoms with E-state index in [0.717, 1.165) is 0 Å². The molecule has 9 rings (SSSR count). The van der Waals surface area contributed by atoms with Crippen LogP contribution in [0.1, 0.15) is 25.0 Å². The van der Waals surface area contributed by atoms with Crippen LogP contribution >= 0.6 is 0 Å². The van der Waals surface area contributed by atoms with E-state index in [-0.39, 0.29) is 5.41 Å². The number of benzene rings is 7. The Labute approximate surface area is 232 Å². The predicted molar refractivity (Wildman–Crippen MR) is 171 cm³/mol. The van der Waals surface area contributed by atoms with Crippen LogP contribution in [0.4, 0.5) is 0 Å². The molecule has 0 radical (unpaired) electrons. The highest BCUT2D eigenvalue weighted by Crippen LogP contribution is 2.48. The first kappa shape index (κ1) is 22.0. The van der Waals surface area contributed by atoms with Gasteiger partial charge in [-0.1, -0.05) is 117 Å². The number of hydrogen-bond acceptors (Lipinski definition) is 0. The average molecular weight is 510 g/mol. The molecule has 0 amide bonds. The van der Waals surface area contributed by atoms with Gasteiger partial charge in [0.25, 0.3) is 0 Å². The van der Waals surface area contributed by atoms with E-state index in [1.54, 1.807) is 0 Å². The quantitative estimate of drug-likeness (QED) is 0.194. The molecule has 0 atom stereocenters. The fourth-order valence-corrected chi connectivity index (χ4v) is 7.44. The molecule has 0 N–H and O–H groups in total. The lowest BCUT2D eigenvalue weighted by atomic mass is 9.75. The van der Waals surface area contributed by atoms with Gasteiger partial charge in [0.1, 0.15) is 0 Å². The Morgan fingerprint density at radius 1 is 0.500 bits per heavy atom. The summed E-state index contributed by atoms with van der Waals surface area (Å²) in [5, 5.41) is 10.4. The molecular formula is C39H27N. The molecule has 0 unspecified atom stereocenters. The molecule has 1 nitrogen and oxygen atoms in total. The zero-order valence-electron chi connectivity index (χ0n) is 22.6. The van der Waals surface area contributed by atoms with E-state index in [1.807, 2.05) is 0 Å². The Morgan fingerprint density at radius 3 is 2.12 bits per heavy atom. The molecule has 8 aromatic rings. The lowest BCUT2D eigenvalue weighted by Crippen LogP contribution is -2.26. The maximum absolute atomic E-state index is 2.50. The van der Waals surface area contributed by atoms with Crippen LogP contribution < -0.4 is 0 Å². The van der Waals surface area contributed by atoms with Gasteiger partial charge in [-0.05, 0) is 78.8 Å². The highest BCUT2D eigenvalue weighted by molar-refractivity contribution is 6.23. The Hall–Kier alpha value is -4.88. The third-order valence-corrected chi connectivity index (χ3v) is 9.34. The molecule has 0 saturated heterocycles. The van der Waals surface area contributed by atoms with Crippen molar-refractivity contribution in [2.24, 2.45) is 0 Å². The van der Waals surface area contributed by atoms with Crippen LogP contribution in [-0.2, 0) is 5.41 Å². The van der Waals surface area contributed by atoms with Crippen LogP contribution in [0.15, 0.2) is 127 Å². The topological polar surface area (TPSA) is 4.93 Å². The fourth-order valence-electron chi connectivity index (χ4n) is 7.44. The minimum absolute atomic E-state index is 0.0588. The van der Waals surface area contributed by atoms with Crippen molar-refractivity contribution in [1.29, 1.82) is 0 Å². The third kappa shape index (κ3) is 2.72. The normalized spacial score (nSPS) is 13.9. The summed E-state index contributed by atoms with van der Waals surface area (Å²) in [6.07, 6.45) is 0. The molecule has 0 saturated carbocycles. The molecule has 2 heterocycles. The predicted octanol–water partition coefficient (Wildman–Crippen LogP) is 10.5. The summed E-state index contributed by atoms with van der Waals surface area (Å²) in [4.78, 5) is 0. The van der Waals surface area contributed by atoms with Gasteiger partial charge < -0.3 is 4.57 Å². The highest BCUT2D eigenvalue weighted by atomic mass is 15.0. The van der Waals surface area contributed by atoms with Gasteiger partial charge in [-0.3, -0.25) is 0 Å². The zero-order chi connectivity index (χ0) is 26.6. The molecule has 1 aliphatic rings. The van der Waals surface area contributed by atoms with Crippen LogP contribution in [-0.4, -0.2) is 4.57 Å². The second-order valence-electron chi connectivity index (χ2n) is 11.8. The Morgan fingerprint density at radius 2 is 1.23 bits per heavy atom. The Bertz CT molecular complexity index is 2350. The molecule has 7 aromatic carbocycles. The SMILES string of the molecule is CC1(C)c2ccccc2-n2c3ccc(-c4cc5ccccc5c5ccc6ccccc6c45)cc3c3cccc1c32. The van der Waals surface area contributed by atoms with Crippen LogP contribution in [0.3, 0.4) is 0 Å². The van der Waals surface area contributed by atoms with Crippen LogP contribution in [0.2, 0.25) is 0 Å². The standard InChI is InChI=1S/C39H27N/c1-39(2)33-15-7-8-17-36(33)40-35-21-19-26(23-32(35)30-14-9-16-34(39)38(30)40)31-22-25-11-4-5-12-27(25)29-20-18-24-10-3-6-13-28(24)37(29)31/h3-23H,1-2H3. The van der Waals surface area contributed by atoms with Crippen molar-refractivity contribution in [2.45, 2.75) is 19.3 Å². The van der Waals surface area contributed by atoms with E-state index in [0.29, 0.717) is 0 Å². The van der Waals surface area contributed by atoms with Crippen molar-refractivity contribution in [3.05, 3.63) is 139 Å². The van der Waals surface area contributed by atoms with Gasteiger partial charge in [-0.15, -0.1) is 0 Å². The van der Waals surface area contributed by atoms with Crippen molar-refractivity contribution in [2.75, 3.05) is 0 Å². The largest absolute Gasteiger partial charge is 0.309 e. The number of aromatic nitrogens is 1.